The quantitative estimate of drug-likeness (QED) is 0.0649. The van der Waals surface area contributed by atoms with Gasteiger partial charge in [0.15, 0.2) is 0 Å². The second-order valence-corrected chi connectivity index (χ2v) is 47.9. The third-order valence-corrected chi connectivity index (χ3v) is 34.7. The van der Waals surface area contributed by atoms with Gasteiger partial charge in [-0.15, -0.1) is 0 Å². The molecule has 840 valence electrons. The molecule has 7 aliphatic carbocycles. The molecule has 2 aromatic rings. The summed E-state index contributed by atoms with van der Waals surface area (Å²) in [7, 11) is 4.04. The Morgan fingerprint density at radius 1 is 0.352 bits per heavy atom. The molecule has 3 heterocycles. The zero-order chi connectivity index (χ0) is 111. The predicted molar refractivity (Wildman–Crippen MR) is 614 cm³/mol. The highest BCUT2D eigenvalue weighted by Gasteiger charge is 2.39. The Balaban J connectivity index is 0. The number of nitrogens with one attached hydrogen (secondary N) is 1. The first-order valence-corrected chi connectivity index (χ1v) is 59.8. The van der Waals surface area contributed by atoms with E-state index >= 15 is 0 Å². The number of Topliss-reactive ketones (excluding diaryl/α,β-unsaturated/α-hetero) is 13. The van der Waals surface area contributed by atoms with Crippen molar-refractivity contribution in [2.45, 2.75) is 548 Å². The maximum absolute atomic E-state index is 11.4. The van der Waals surface area contributed by atoms with E-state index in [0.29, 0.717) is 140 Å². The number of benzene rings is 1. The molecule has 0 radical (unpaired) electrons. The van der Waals surface area contributed by atoms with Crippen molar-refractivity contribution in [2.24, 2.45) is 124 Å². The topological polar surface area (TPSA) is 244 Å². The van der Waals surface area contributed by atoms with Crippen molar-refractivity contribution < 1.29 is 62.3 Å². The Morgan fingerprint density at radius 3 is 0.897 bits per heavy atom. The fraction of sp³-hybridized carbons (Fsp3) is 0.837. The van der Waals surface area contributed by atoms with Gasteiger partial charge in [0, 0.05) is 82.2 Å². The summed E-state index contributed by atoms with van der Waals surface area (Å²) in [5.74, 6) is 15.1. The molecule has 16 heteroatoms. The molecule has 7 saturated carbocycles. The van der Waals surface area contributed by atoms with Gasteiger partial charge in [-0.1, -0.05) is 278 Å². The molecule has 1 aromatic heterocycles. The van der Waals surface area contributed by atoms with E-state index in [1.807, 2.05) is 39.3 Å². The van der Waals surface area contributed by atoms with E-state index in [0.717, 1.165) is 195 Å². The van der Waals surface area contributed by atoms with Crippen LogP contribution in [0.5, 0.6) is 0 Å². The van der Waals surface area contributed by atoms with Crippen molar-refractivity contribution in [3.05, 3.63) is 36.0 Å². The lowest BCUT2D eigenvalue weighted by Crippen LogP contribution is -2.44. The number of hydrogen-bond acceptors (Lipinski definition) is 15. The number of carbonyl (C=O) groups excluding carboxylic acids is 13. The van der Waals surface area contributed by atoms with Crippen molar-refractivity contribution in [3.8, 4) is 0 Å². The summed E-state index contributed by atoms with van der Waals surface area (Å²) >= 11 is 0. The number of para-hydroxylation sites is 1. The van der Waals surface area contributed by atoms with Gasteiger partial charge in [-0.25, -0.2) is 0 Å². The van der Waals surface area contributed by atoms with Gasteiger partial charge in [-0.3, -0.25) is 72.1 Å². The number of fused-ring (bicyclic) bond motifs is 1. The molecular weight excluding hydrogens is 1800 g/mol. The fourth-order valence-corrected chi connectivity index (χ4v) is 23.4. The second kappa shape index (κ2) is 80.3. The summed E-state index contributed by atoms with van der Waals surface area (Å²) in [5.41, 5.74) is 2.53. The smallest absolute Gasteiger partial charge is 0.149 e. The number of ketones is 13. The number of aromatic amines is 1. The van der Waals surface area contributed by atoms with Crippen LogP contribution in [0, 0.1) is 124 Å². The van der Waals surface area contributed by atoms with E-state index in [4.69, 9.17) is 0 Å². The molecule has 16 nitrogen and oxygen atoms in total. The van der Waals surface area contributed by atoms with Gasteiger partial charge in [0.05, 0.1) is 11.6 Å². The van der Waals surface area contributed by atoms with Gasteiger partial charge in [-0.05, 0) is 374 Å². The van der Waals surface area contributed by atoms with Crippen molar-refractivity contribution in [1.82, 2.24) is 14.8 Å². The molecule has 14 atom stereocenters. The van der Waals surface area contributed by atoms with Crippen LogP contribution in [0.25, 0.3) is 10.9 Å². The number of likely N-dealkylation sites (tertiary alicyclic amines) is 2. The zero-order valence-corrected chi connectivity index (χ0v) is 101. The molecule has 11 rings (SSSR count). The number of carbonyl (C=O) groups is 13. The zero-order valence-electron chi connectivity index (χ0n) is 101. The van der Waals surface area contributed by atoms with Crippen LogP contribution in [0.2, 0.25) is 0 Å². The molecule has 0 amide bonds. The van der Waals surface area contributed by atoms with Crippen LogP contribution in [0.1, 0.15) is 535 Å². The van der Waals surface area contributed by atoms with Crippen molar-refractivity contribution >= 4 is 86.1 Å². The molecule has 2 saturated heterocycles. The molecule has 0 bridgehead atoms. The van der Waals surface area contributed by atoms with E-state index < -0.39 is 0 Å². The summed E-state index contributed by atoms with van der Waals surface area (Å²) in [6, 6.07) is 8.45. The minimum atomic E-state index is -0.153. The van der Waals surface area contributed by atoms with Gasteiger partial charge in [0.1, 0.15) is 75.2 Å². The largest absolute Gasteiger partial charge is 0.361 e. The van der Waals surface area contributed by atoms with E-state index in [1.54, 1.807) is 90.0 Å². The summed E-state index contributed by atoms with van der Waals surface area (Å²) in [5, 5.41) is 1.24. The SMILES string of the molecule is CC(=O)C1CCCN1C.CC(=O)[C@]1(C)CCCN1C.CCC(C)[C@H](CC)C(C)=O.CC[C@@H](CC(C)(C)C)C(C)=O.CC[C@@H](CC(C)C)C(C)=O.CC[C@@H](CC1CC1)C(C)=O.CC[C@@H](CC1CCC1)C(C)=O.CC[C@@H](CC1CCCC1)C(C)=O.CC[C@@H](CC1CCCCC1)C(C)=O.CC[C@@H](Cc1c[nH]c2ccccc12)C(C)=O.CC[C@H](C(C)=O)C1CCC1.CC[C@H](C(C)=O)C1CCCC1.CC[C@H](C(C)=O)C1CCCCC1. The molecule has 1 aromatic carbocycles. The highest BCUT2D eigenvalue weighted by molar-refractivity contribution is 5.87. The second-order valence-electron chi connectivity index (χ2n) is 47.9. The first kappa shape index (κ1) is 141. The molecular formula is C129H231N3O13. The highest BCUT2D eigenvalue weighted by Crippen LogP contribution is 2.41. The summed E-state index contributed by atoms with van der Waals surface area (Å²) in [6.45, 7) is 64.8. The molecule has 2 aliphatic heterocycles. The van der Waals surface area contributed by atoms with Crippen LogP contribution < -0.4 is 0 Å². The van der Waals surface area contributed by atoms with Gasteiger partial charge < -0.3 is 4.98 Å². The molecule has 0 spiro atoms. The third kappa shape index (κ3) is 61.0. The molecule has 9 aliphatic rings. The number of rotatable bonds is 42. The Labute approximate surface area is 892 Å². The normalized spacial score (nSPS) is 20.5. The first-order valence-electron chi connectivity index (χ1n) is 59.8. The van der Waals surface area contributed by atoms with Crippen LogP contribution in [0.15, 0.2) is 30.5 Å². The Bertz CT molecular complexity index is 3820. The average Bonchev–Trinajstić information content (AvgIpc) is 1.69. The van der Waals surface area contributed by atoms with Crippen LogP contribution >= 0.6 is 0 Å². The monoisotopic (exact) mass is 2030 g/mol. The molecule has 145 heavy (non-hydrogen) atoms. The number of hydrogen-bond donors (Lipinski definition) is 1. The van der Waals surface area contributed by atoms with Crippen LogP contribution in [0.4, 0.5) is 0 Å². The Kier molecular flexibility index (Phi) is 78.3. The maximum Gasteiger partial charge on any atom is 0.149 e. The van der Waals surface area contributed by atoms with Gasteiger partial charge >= 0.3 is 0 Å². The summed E-state index contributed by atoms with van der Waals surface area (Å²) in [4.78, 5) is 152. The average molecular weight is 2030 g/mol. The predicted octanol–water partition coefficient (Wildman–Crippen LogP) is 33.7. The van der Waals surface area contributed by atoms with Crippen molar-refractivity contribution in [2.75, 3.05) is 27.2 Å². The lowest BCUT2D eigenvalue weighted by molar-refractivity contribution is -0.126. The van der Waals surface area contributed by atoms with Crippen LogP contribution in [-0.4, -0.2) is 129 Å². The molecule has 2 unspecified atom stereocenters. The lowest BCUT2D eigenvalue weighted by atomic mass is 9.73. The number of nitrogens with zero attached hydrogens (tertiary/aromatic N) is 2. The maximum atomic E-state index is 11.4. The van der Waals surface area contributed by atoms with Crippen molar-refractivity contribution in [1.29, 1.82) is 0 Å². The van der Waals surface area contributed by atoms with Gasteiger partial charge in [0.2, 0.25) is 0 Å². The molecule has 1 N–H and O–H groups in total. The minimum Gasteiger partial charge on any atom is -0.361 e. The summed E-state index contributed by atoms with van der Waals surface area (Å²) < 4.78 is 0. The van der Waals surface area contributed by atoms with E-state index in [1.165, 1.54) is 184 Å². The van der Waals surface area contributed by atoms with Gasteiger partial charge in [0.25, 0.3) is 0 Å². The number of likely N-dealkylation sites (N-methyl/N-ethyl adjacent to an activating group) is 2. The van der Waals surface area contributed by atoms with Crippen molar-refractivity contribution in [3.63, 3.8) is 0 Å². The Hall–Kier alpha value is -5.61. The highest BCUT2D eigenvalue weighted by atomic mass is 16.2. The summed E-state index contributed by atoms with van der Waals surface area (Å²) in [6.07, 6.45) is 61.3. The minimum absolute atomic E-state index is 0.152. The van der Waals surface area contributed by atoms with Crippen LogP contribution in [-0.2, 0) is 68.7 Å². The Morgan fingerprint density at radius 2 is 0.683 bits per heavy atom. The first-order chi connectivity index (χ1) is 68.3. The van der Waals surface area contributed by atoms with Gasteiger partial charge in [-0.2, -0.15) is 0 Å². The molecule has 9 fully saturated rings. The van der Waals surface area contributed by atoms with Crippen LogP contribution in [0.3, 0.4) is 0 Å². The lowest BCUT2D eigenvalue weighted by Gasteiger charge is -2.31. The third-order valence-electron chi connectivity index (χ3n) is 34.7. The standard InChI is InChI=1S/C14H17NO.C12H22O.2C11H20O.2C10H18O.C10H20O.2C9H16O.2C9H18O.C8H15NO.C7H13NO/c1-3-11(10(2)16)8-12-9-15-14-7-5-4-6-13(12)14;1-3-12(10(2)13)9-11-7-5-4-6-8-11;1-3-11(9(2)12)8-10-6-4-5-7-10;1-3-11(9(2)12)10-7-5-4-6-8-10;1-3-10(8(2)11)7-9-5-4-6-9;1-3-10(8(2)11)9-6-4-5-7-9;1-6-9(8(2)11)7-10(3,4)5;1-3-9(7(2)10)6-8-4-5-8;1-3-9(7(2)10)8-5-4-6-8;1-5-9(8(4)10)6-7(2)3;1-5-7(3)9(6-2)8(4)10;1-7(10)8(2)5-4-6-9(8)3;1-6(9)7-4-3-5-8(7)2/h4-7,9,11,15H,3,8H2,1-2H3;11-12H,3-9H2,1-2H3;2*10-11H,3-8H2,1-2H3;2*9-10H,3-7H2,1-2H3;9H,6-7H2,1-5H3;2*8-9H,3-6H2,1-2H3;2*7,9H,5-6H2,1-4H3;4-6H2,1-3H3;7H,3-5H2,1-2H3/t11-;12-;2*11-;2*10-;4*9-;7?,9-;8-;/m000101001000./s1. The van der Waals surface area contributed by atoms with E-state index in [9.17, 15) is 62.3 Å². The van der Waals surface area contributed by atoms with E-state index in [2.05, 4.69) is 152 Å². The van der Waals surface area contributed by atoms with E-state index in [-0.39, 0.29) is 34.6 Å². The number of aromatic nitrogens is 1. The fourth-order valence-electron chi connectivity index (χ4n) is 23.4. The number of H-pyrrole nitrogens is 1.